The monoisotopic (exact) mass is 312 g/mol. The molecule has 1 aromatic heterocycles. The second-order valence-corrected chi connectivity index (χ2v) is 6.32. The summed E-state index contributed by atoms with van der Waals surface area (Å²) in [7, 11) is 3.66. The van der Waals surface area contributed by atoms with E-state index in [1.807, 2.05) is 32.6 Å². The molecule has 0 N–H and O–H groups in total. The number of aromatic nitrogens is 2. The van der Waals surface area contributed by atoms with Crippen molar-refractivity contribution in [2.45, 2.75) is 32.0 Å². The molecule has 1 fully saturated rings. The van der Waals surface area contributed by atoms with Crippen LogP contribution >= 0.6 is 0 Å². The zero-order chi connectivity index (χ0) is 16.2. The van der Waals surface area contributed by atoms with Gasteiger partial charge in [0.25, 0.3) is 0 Å². The Hall–Kier alpha value is -2.14. The molecular weight excluding hydrogens is 288 g/mol. The first kappa shape index (κ1) is 15.7. The van der Waals surface area contributed by atoms with Crippen LogP contribution in [0.3, 0.4) is 0 Å². The Morgan fingerprint density at radius 1 is 1.26 bits per heavy atom. The maximum Gasteiger partial charge on any atom is 0.239 e. The average molecular weight is 312 g/mol. The fourth-order valence-corrected chi connectivity index (χ4v) is 3.19. The maximum atomic E-state index is 12.3. The first-order valence-electron chi connectivity index (χ1n) is 8.14. The molecule has 23 heavy (non-hydrogen) atoms. The summed E-state index contributed by atoms with van der Waals surface area (Å²) in [6.07, 6.45) is 5.87. The van der Waals surface area contributed by atoms with Crippen LogP contribution in [0.5, 0.6) is 0 Å². The molecule has 0 saturated carbocycles. The van der Waals surface area contributed by atoms with Crippen LogP contribution in [0.15, 0.2) is 42.7 Å². The van der Waals surface area contributed by atoms with Crippen molar-refractivity contribution in [3.63, 3.8) is 0 Å². The number of carbonyl (C=O) groups is 1. The molecule has 2 aromatic rings. The van der Waals surface area contributed by atoms with Gasteiger partial charge in [-0.1, -0.05) is 30.3 Å². The first-order valence-corrected chi connectivity index (χ1v) is 8.14. The van der Waals surface area contributed by atoms with Gasteiger partial charge in [0.05, 0.1) is 12.6 Å². The Labute approximate surface area is 137 Å². The van der Waals surface area contributed by atoms with Crippen LogP contribution in [0.25, 0.3) is 0 Å². The van der Waals surface area contributed by atoms with Gasteiger partial charge in [0.15, 0.2) is 0 Å². The summed E-state index contributed by atoms with van der Waals surface area (Å²) in [6.45, 7) is 2.50. The van der Waals surface area contributed by atoms with Crippen LogP contribution < -0.4 is 0 Å². The summed E-state index contributed by atoms with van der Waals surface area (Å²) >= 11 is 0. The molecule has 1 aliphatic rings. The highest BCUT2D eigenvalue weighted by Gasteiger charge is 2.32. The van der Waals surface area contributed by atoms with E-state index in [0.717, 1.165) is 38.3 Å². The van der Waals surface area contributed by atoms with Gasteiger partial charge >= 0.3 is 0 Å². The minimum atomic E-state index is -0.00752. The molecule has 1 atom stereocenters. The number of rotatable bonds is 5. The third kappa shape index (κ3) is 3.62. The standard InChI is InChI=1S/C18H24N4O/c1-20(2)18(23)16-9-6-11-21(16)14-17-19-10-12-22(17)13-15-7-4-3-5-8-15/h3-5,7-8,10,12,16H,6,9,11,13-14H2,1-2H3/t16-/m0/s1. The fraction of sp³-hybridized carbons (Fsp3) is 0.444. The lowest BCUT2D eigenvalue weighted by molar-refractivity contribution is -0.133. The Morgan fingerprint density at radius 3 is 2.78 bits per heavy atom. The van der Waals surface area contributed by atoms with Gasteiger partial charge in [0, 0.05) is 33.0 Å². The lowest BCUT2D eigenvalue weighted by Crippen LogP contribution is -2.42. The smallest absolute Gasteiger partial charge is 0.239 e. The third-order valence-corrected chi connectivity index (χ3v) is 4.43. The average Bonchev–Trinajstić information content (AvgIpc) is 3.18. The van der Waals surface area contributed by atoms with Crippen molar-refractivity contribution in [3.05, 3.63) is 54.1 Å². The van der Waals surface area contributed by atoms with Crippen molar-refractivity contribution in [2.75, 3.05) is 20.6 Å². The zero-order valence-electron chi connectivity index (χ0n) is 13.9. The number of benzene rings is 1. The molecule has 0 aliphatic carbocycles. The van der Waals surface area contributed by atoms with Crippen LogP contribution in [-0.4, -0.2) is 51.9 Å². The lowest BCUT2D eigenvalue weighted by Gasteiger charge is -2.26. The minimum Gasteiger partial charge on any atom is -0.347 e. The molecular formula is C18H24N4O. The van der Waals surface area contributed by atoms with Crippen molar-refractivity contribution in [1.29, 1.82) is 0 Å². The maximum absolute atomic E-state index is 12.3. The molecule has 2 heterocycles. The van der Waals surface area contributed by atoms with Crippen LogP contribution in [0.1, 0.15) is 24.2 Å². The molecule has 0 unspecified atom stereocenters. The van der Waals surface area contributed by atoms with Crippen LogP contribution in [-0.2, 0) is 17.9 Å². The number of imidazole rings is 1. The van der Waals surface area contributed by atoms with Crippen LogP contribution in [0.4, 0.5) is 0 Å². The van der Waals surface area contributed by atoms with Gasteiger partial charge in [0.1, 0.15) is 5.82 Å². The molecule has 5 heteroatoms. The molecule has 1 aromatic carbocycles. The van der Waals surface area contributed by atoms with E-state index in [2.05, 4.69) is 38.7 Å². The van der Waals surface area contributed by atoms with Crippen molar-refractivity contribution in [2.24, 2.45) is 0 Å². The van der Waals surface area contributed by atoms with E-state index in [9.17, 15) is 4.79 Å². The van der Waals surface area contributed by atoms with E-state index in [-0.39, 0.29) is 11.9 Å². The van der Waals surface area contributed by atoms with Gasteiger partial charge < -0.3 is 9.47 Å². The summed E-state index contributed by atoms with van der Waals surface area (Å²) in [5.41, 5.74) is 1.26. The largest absolute Gasteiger partial charge is 0.347 e. The highest BCUT2D eigenvalue weighted by molar-refractivity contribution is 5.81. The van der Waals surface area contributed by atoms with Crippen molar-refractivity contribution in [1.82, 2.24) is 19.4 Å². The quantitative estimate of drug-likeness (QED) is 0.848. The van der Waals surface area contributed by atoms with Crippen molar-refractivity contribution < 1.29 is 4.79 Å². The summed E-state index contributed by atoms with van der Waals surface area (Å²) in [6, 6.07) is 10.4. The number of nitrogens with zero attached hydrogens (tertiary/aromatic N) is 4. The third-order valence-electron chi connectivity index (χ3n) is 4.43. The van der Waals surface area contributed by atoms with E-state index < -0.39 is 0 Å². The summed E-state index contributed by atoms with van der Waals surface area (Å²) in [5.74, 6) is 1.22. The summed E-state index contributed by atoms with van der Waals surface area (Å²) in [5, 5.41) is 0. The summed E-state index contributed by atoms with van der Waals surface area (Å²) < 4.78 is 2.17. The predicted molar refractivity (Wildman–Crippen MR) is 89.9 cm³/mol. The number of likely N-dealkylation sites (tertiary alicyclic amines) is 1. The molecule has 3 rings (SSSR count). The SMILES string of the molecule is CN(C)C(=O)[C@@H]1CCCN1Cc1nccn1Cc1ccccc1. The molecule has 0 spiro atoms. The van der Waals surface area contributed by atoms with Gasteiger partial charge in [-0.25, -0.2) is 4.98 Å². The fourth-order valence-electron chi connectivity index (χ4n) is 3.19. The highest BCUT2D eigenvalue weighted by atomic mass is 16.2. The van der Waals surface area contributed by atoms with Gasteiger partial charge in [-0.2, -0.15) is 0 Å². The number of hydrogen-bond donors (Lipinski definition) is 0. The van der Waals surface area contributed by atoms with Gasteiger partial charge in [-0.05, 0) is 24.9 Å². The van der Waals surface area contributed by atoms with Gasteiger partial charge in [0.2, 0.25) is 5.91 Å². The van der Waals surface area contributed by atoms with Crippen LogP contribution in [0.2, 0.25) is 0 Å². The predicted octanol–water partition coefficient (Wildman–Crippen LogP) is 1.98. The van der Waals surface area contributed by atoms with Crippen molar-refractivity contribution in [3.8, 4) is 0 Å². The molecule has 122 valence electrons. The first-order chi connectivity index (χ1) is 11.1. The van der Waals surface area contributed by atoms with Crippen LogP contribution in [0, 0.1) is 0 Å². The Bertz CT molecular complexity index is 650. The summed E-state index contributed by atoms with van der Waals surface area (Å²) in [4.78, 5) is 20.8. The highest BCUT2D eigenvalue weighted by Crippen LogP contribution is 2.21. The Balaban J connectivity index is 1.71. The Kier molecular flexibility index (Phi) is 4.76. The van der Waals surface area contributed by atoms with Gasteiger partial charge in [-0.3, -0.25) is 9.69 Å². The zero-order valence-corrected chi connectivity index (χ0v) is 13.9. The van der Waals surface area contributed by atoms with Crippen molar-refractivity contribution >= 4 is 5.91 Å². The lowest BCUT2D eigenvalue weighted by atomic mass is 10.2. The molecule has 1 saturated heterocycles. The molecule has 0 bridgehead atoms. The second kappa shape index (κ2) is 6.96. The second-order valence-electron chi connectivity index (χ2n) is 6.32. The van der Waals surface area contributed by atoms with Gasteiger partial charge in [-0.15, -0.1) is 0 Å². The number of carbonyl (C=O) groups excluding carboxylic acids is 1. The number of amides is 1. The van der Waals surface area contributed by atoms with E-state index in [1.165, 1.54) is 5.56 Å². The molecule has 0 radical (unpaired) electrons. The van der Waals surface area contributed by atoms with E-state index in [0.29, 0.717) is 0 Å². The molecule has 1 aliphatic heterocycles. The van der Waals surface area contributed by atoms with E-state index in [4.69, 9.17) is 0 Å². The normalized spacial score (nSPS) is 18.3. The number of hydrogen-bond acceptors (Lipinski definition) is 3. The topological polar surface area (TPSA) is 41.4 Å². The Morgan fingerprint density at radius 2 is 2.04 bits per heavy atom. The molecule has 1 amide bonds. The molecule has 5 nitrogen and oxygen atoms in total. The number of likely N-dealkylation sites (N-methyl/N-ethyl adjacent to an activating group) is 1. The van der Waals surface area contributed by atoms with E-state index in [1.54, 1.807) is 4.90 Å². The van der Waals surface area contributed by atoms with E-state index >= 15 is 0 Å². The minimum absolute atomic E-state index is 0.00752.